The van der Waals surface area contributed by atoms with E-state index in [-0.39, 0.29) is 30.5 Å². The largest absolute Gasteiger partial charge is 0.497 e. The van der Waals surface area contributed by atoms with Crippen LogP contribution in [0.15, 0.2) is 34.3 Å². The van der Waals surface area contributed by atoms with Crippen LogP contribution in [-0.4, -0.2) is 56.9 Å². The second kappa shape index (κ2) is 8.85. The van der Waals surface area contributed by atoms with Gasteiger partial charge in [0.15, 0.2) is 0 Å². The van der Waals surface area contributed by atoms with Crippen molar-refractivity contribution >= 4 is 11.8 Å². The zero-order valence-electron chi connectivity index (χ0n) is 15.6. The van der Waals surface area contributed by atoms with Gasteiger partial charge in [0.2, 0.25) is 11.8 Å². The van der Waals surface area contributed by atoms with Crippen LogP contribution in [-0.2, 0) is 9.47 Å². The predicted molar refractivity (Wildman–Crippen MR) is 98.7 cm³/mol. The standard InChI is InChI=1S/C19H28N2O4/c1-12(2)16-18(24-4)21-17(19(20-16)25-5)15(10-11-22)13-6-8-14(23-3)9-7-13/h6-9,12,15-17,22H,10-11H2,1-5H3/t15-,16-,17+/m1/s1. The summed E-state index contributed by atoms with van der Waals surface area (Å²) in [6, 6.07) is 7.32. The maximum atomic E-state index is 9.57. The van der Waals surface area contributed by atoms with Crippen LogP contribution < -0.4 is 4.74 Å². The lowest BCUT2D eigenvalue weighted by atomic mass is 9.87. The molecule has 1 aromatic carbocycles. The summed E-state index contributed by atoms with van der Waals surface area (Å²) >= 11 is 0. The number of ether oxygens (including phenoxy) is 3. The third-order valence-corrected chi connectivity index (χ3v) is 4.45. The maximum Gasteiger partial charge on any atom is 0.210 e. The van der Waals surface area contributed by atoms with E-state index in [1.165, 1.54) is 0 Å². The second-order valence-electron chi connectivity index (χ2n) is 6.37. The Bertz CT molecular complexity index is 610. The van der Waals surface area contributed by atoms with Crippen molar-refractivity contribution in [2.75, 3.05) is 27.9 Å². The van der Waals surface area contributed by atoms with Gasteiger partial charge in [-0.15, -0.1) is 0 Å². The van der Waals surface area contributed by atoms with Gasteiger partial charge in [0.25, 0.3) is 0 Å². The molecule has 1 aliphatic rings. The molecule has 0 bridgehead atoms. The molecule has 0 saturated heterocycles. The summed E-state index contributed by atoms with van der Waals surface area (Å²) < 4.78 is 16.3. The van der Waals surface area contributed by atoms with Gasteiger partial charge < -0.3 is 19.3 Å². The third-order valence-electron chi connectivity index (χ3n) is 4.45. The van der Waals surface area contributed by atoms with E-state index in [0.717, 1.165) is 11.3 Å². The molecule has 1 aromatic rings. The highest BCUT2D eigenvalue weighted by Gasteiger charge is 2.36. The van der Waals surface area contributed by atoms with E-state index in [1.807, 2.05) is 24.3 Å². The molecule has 2 rings (SSSR count). The highest BCUT2D eigenvalue weighted by atomic mass is 16.5. The Balaban J connectivity index is 2.40. The van der Waals surface area contributed by atoms with Gasteiger partial charge in [-0.3, -0.25) is 0 Å². The lowest BCUT2D eigenvalue weighted by Gasteiger charge is -2.31. The number of rotatable bonds is 6. The fourth-order valence-electron chi connectivity index (χ4n) is 3.08. The number of hydrogen-bond acceptors (Lipinski definition) is 6. The minimum Gasteiger partial charge on any atom is -0.497 e. The molecule has 6 nitrogen and oxygen atoms in total. The Labute approximate surface area is 149 Å². The first-order valence-corrected chi connectivity index (χ1v) is 8.53. The van der Waals surface area contributed by atoms with Crippen molar-refractivity contribution in [2.24, 2.45) is 15.9 Å². The minimum atomic E-state index is -0.324. The van der Waals surface area contributed by atoms with Gasteiger partial charge in [0.05, 0.1) is 21.3 Å². The molecule has 0 spiro atoms. The van der Waals surface area contributed by atoms with E-state index in [0.29, 0.717) is 18.2 Å². The smallest absolute Gasteiger partial charge is 0.210 e. The fourth-order valence-corrected chi connectivity index (χ4v) is 3.08. The lowest BCUT2D eigenvalue weighted by Crippen LogP contribution is -2.40. The summed E-state index contributed by atoms with van der Waals surface area (Å²) in [4.78, 5) is 9.52. The number of hydrogen-bond donors (Lipinski definition) is 1. The van der Waals surface area contributed by atoms with Gasteiger partial charge in [0.1, 0.15) is 17.8 Å². The molecule has 0 amide bonds. The molecule has 0 aromatic heterocycles. The minimum absolute atomic E-state index is 0.0512. The molecule has 25 heavy (non-hydrogen) atoms. The number of nitrogens with zero attached hydrogens (tertiary/aromatic N) is 2. The molecule has 0 saturated carbocycles. The van der Waals surface area contributed by atoms with Crippen LogP contribution in [0.3, 0.4) is 0 Å². The van der Waals surface area contributed by atoms with E-state index in [2.05, 4.69) is 13.8 Å². The number of aliphatic imine (C=N–C) groups is 2. The van der Waals surface area contributed by atoms with Crippen LogP contribution in [0.2, 0.25) is 0 Å². The summed E-state index contributed by atoms with van der Waals surface area (Å²) in [5.41, 5.74) is 1.05. The zero-order valence-corrected chi connectivity index (χ0v) is 15.6. The highest BCUT2D eigenvalue weighted by Crippen LogP contribution is 2.31. The maximum absolute atomic E-state index is 9.57. The first-order valence-electron chi connectivity index (χ1n) is 8.53. The molecular formula is C19H28N2O4. The Morgan fingerprint density at radius 2 is 1.48 bits per heavy atom. The first-order chi connectivity index (χ1) is 12.0. The summed E-state index contributed by atoms with van der Waals surface area (Å²) in [6.45, 7) is 4.20. The zero-order chi connectivity index (χ0) is 18.4. The SMILES string of the molecule is COC1=N[C@H](C(C)C)C(OC)=N[C@H]1[C@H](CCO)c1ccc(OC)cc1. The van der Waals surface area contributed by atoms with E-state index in [9.17, 15) is 5.11 Å². The Hall–Kier alpha value is -2.08. The average Bonchev–Trinajstić information content (AvgIpc) is 2.65. The normalized spacial score (nSPS) is 21.4. The Morgan fingerprint density at radius 3 is 1.96 bits per heavy atom. The summed E-state index contributed by atoms with van der Waals surface area (Å²) in [5, 5.41) is 9.57. The molecule has 0 fully saturated rings. The van der Waals surface area contributed by atoms with E-state index in [1.54, 1.807) is 21.3 Å². The quantitative estimate of drug-likeness (QED) is 0.858. The molecule has 1 aliphatic heterocycles. The van der Waals surface area contributed by atoms with Crippen LogP contribution in [0, 0.1) is 5.92 Å². The van der Waals surface area contributed by atoms with Gasteiger partial charge in [-0.2, -0.15) is 0 Å². The predicted octanol–water partition coefficient (Wildman–Crippen LogP) is 2.66. The summed E-state index contributed by atoms with van der Waals surface area (Å²) in [7, 11) is 4.87. The van der Waals surface area contributed by atoms with Crippen molar-refractivity contribution in [3.8, 4) is 5.75 Å². The van der Waals surface area contributed by atoms with Crippen LogP contribution in [0.1, 0.15) is 31.7 Å². The average molecular weight is 348 g/mol. The van der Waals surface area contributed by atoms with Crippen molar-refractivity contribution in [1.29, 1.82) is 0 Å². The first kappa shape index (κ1) is 19.2. The lowest BCUT2D eigenvalue weighted by molar-refractivity contribution is 0.264. The topological polar surface area (TPSA) is 72.6 Å². The summed E-state index contributed by atoms with van der Waals surface area (Å²) in [6.07, 6.45) is 0.548. The van der Waals surface area contributed by atoms with Crippen molar-refractivity contribution in [1.82, 2.24) is 0 Å². The third kappa shape index (κ3) is 4.31. The monoisotopic (exact) mass is 348 g/mol. The van der Waals surface area contributed by atoms with Crippen molar-refractivity contribution in [2.45, 2.75) is 38.3 Å². The molecule has 0 radical (unpaired) electrons. The van der Waals surface area contributed by atoms with Gasteiger partial charge in [0, 0.05) is 12.5 Å². The van der Waals surface area contributed by atoms with Gasteiger partial charge >= 0.3 is 0 Å². The molecule has 1 heterocycles. The molecule has 1 N–H and O–H groups in total. The Kier molecular flexibility index (Phi) is 6.82. The number of benzene rings is 1. The van der Waals surface area contributed by atoms with Crippen molar-refractivity contribution < 1.29 is 19.3 Å². The van der Waals surface area contributed by atoms with Crippen molar-refractivity contribution in [3.63, 3.8) is 0 Å². The molecule has 3 atom stereocenters. The molecule has 0 unspecified atom stereocenters. The molecular weight excluding hydrogens is 320 g/mol. The van der Waals surface area contributed by atoms with Gasteiger partial charge in [-0.1, -0.05) is 26.0 Å². The van der Waals surface area contributed by atoms with Crippen LogP contribution in [0.5, 0.6) is 5.75 Å². The van der Waals surface area contributed by atoms with Crippen LogP contribution in [0.4, 0.5) is 0 Å². The molecule has 6 heteroatoms. The van der Waals surface area contributed by atoms with E-state index >= 15 is 0 Å². The molecule has 0 aliphatic carbocycles. The van der Waals surface area contributed by atoms with Gasteiger partial charge in [-0.25, -0.2) is 9.98 Å². The van der Waals surface area contributed by atoms with Crippen LogP contribution in [0.25, 0.3) is 0 Å². The number of methoxy groups -OCH3 is 3. The number of aliphatic hydroxyl groups is 1. The fraction of sp³-hybridized carbons (Fsp3) is 0.579. The Morgan fingerprint density at radius 1 is 0.920 bits per heavy atom. The van der Waals surface area contributed by atoms with Crippen molar-refractivity contribution in [3.05, 3.63) is 29.8 Å². The summed E-state index contributed by atoms with van der Waals surface area (Å²) in [5.74, 6) is 2.16. The van der Waals surface area contributed by atoms with E-state index in [4.69, 9.17) is 24.2 Å². The van der Waals surface area contributed by atoms with Crippen LogP contribution >= 0.6 is 0 Å². The molecule has 138 valence electrons. The van der Waals surface area contributed by atoms with E-state index < -0.39 is 0 Å². The second-order valence-corrected chi connectivity index (χ2v) is 6.37. The number of aliphatic hydroxyl groups excluding tert-OH is 1. The van der Waals surface area contributed by atoms with Gasteiger partial charge in [-0.05, 0) is 30.0 Å². The highest BCUT2D eigenvalue weighted by molar-refractivity contribution is 5.94.